The summed E-state index contributed by atoms with van der Waals surface area (Å²) in [5.41, 5.74) is 6.45. The van der Waals surface area contributed by atoms with E-state index in [9.17, 15) is 14.9 Å². The summed E-state index contributed by atoms with van der Waals surface area (Å²) in [5, 5.41) is 13.3. The van der Waals surface area contributed by atoms with E-state index < -0.39 is 4.92 Å². The summed E-state index contributed by atoms with van der Waals surface area (Å²) in [6.07, 6.45) is -0.192. The van der Waals surface area contributed by atoms with Crippen molar-refractivity contribution >= 4 is 17.3 Å². The molecule has 0 radical (unpaired) electrons. The normalized spacial score (nSPS) is 11.9. The van der Waals surface area contributed by atoms with Crippen molar-refractivity contribution < 1.29 is 14.5 Å². The van der Waals surface area contributed by atoms with Crippen LogP contribution >= 0.6 is 0 Å². The average molecular weight is 267 g/mol. The van der Waals surface area contributed by atoms with E-state index in [1.54, 1.807) is 13.0 Å². The molecule has 7 nitrogen and oxygen atoms in total. The van der Waals surface area contributed by atoms with E-state index in [1.807, 2.05) is 0 Å². The number of hydrogen-bond donors (Lipinski definition) is 2. The lowest BCUT2D eigenvalue weighted by Gasteiger charge is -2.12. The maximum Gasteiger partial charge on any atom is 0.272 e. The van der Waals surface area contributed by atoms with E-state index in [0.29, 0.717) is 11.3 Å². The van der Waals surface area contributed by atoms with Crippen molar-refractivity contribution in [2.75, 3.05) is 19.0 Å². The predicted molar refractivity (Wildman–Crippen MR) is 70.9 cm³/mol. The summed E-state index contributed by atoms with van der Waals surface area (Å²) < 4.78 is 5.01. The van der Waals surface area contributed by atoms with Gasteiger partial charge in [0, 0.05) is 31.0 Å². The van der Waals surface area contributed by atoms with Crippen molar-refractivity contribution in [1.29, 1.82) is 0 Å². The zero-order chi connectivity index (χ0) is 14.4. The van der Waals surface area contributed by atoms with Crippen LogP contribution in [-0.4, -0.2) is 30.6 Å². The Morgan fingerprint density at radius 2 is 2.26 bits per heavy atom. The Kier molecular flexibility index (Phi) is 5.40. The first-order valence-corrected chi connectivity index (χ1v) is 5.75. The second kappa shape index (κ2) is 6.81. The van der Waals surface area contributed by atoms with Crippen LogP contribution in [0.4, 0.5) is 11.4 Å². The lowest BCUT2D eigenvalue weighted by molar-refractivity contribution is -0.385. The molecule has 7 heteroatoms. The number of nitro groups is 1. The molecule has 0 aliphatic carbocycles. The second-order valence-corrected chi connectivity index (χ2v) is 4.10. The van der Waals surface area contributed by atoms with E-state index in [1.165, 1.54) is 19.2 Å². The Morgan fingerprint density at radius 3 is 2.74 bits per heavy atom. The molecular formula is C12H17N3O4. The largest absolute Gasteiger partial charge is 0.380 e. The lowest BCUT2D eigenvalue weighted by atomic mass is 10.1. The monoisotopic (exact) mass is 267 g/mol. The Hall–Kier alpha value is -1.99. The highest BCUT2D eigenvalue weighted by atomic mass is 16.6. The summed E-state index contributed by atoms with van der Waals surface area (Å²) in [4.78, 5) is 21.9. The third-order valence-electron chi connectivity index (χ3n) is 2.69. The molecule has 0 heterocycles. The number of anilines is 1. The number of ether oxygens (including phenoxy) is 1. The highest BCUT2D eigenvalue weighted by molar-refractivity contribution is 5.91. The van der Waals surface area contributed by atoms with Gasteiger partial charge < -0.3 is 15.8 Å². The Bertz CT molecular complexity index is 472. The third-order valence-corrected chi connectivity index (χ3v) is 2.69. The number of amides is 1. The number of hydrogen-bond acceptors (Lipinski definition) is 5. The molecule has 0 aliphatic rings. The molecule has 0 fully saturated rings. The Labute approximate surface area is 110 Å². The standard InChI is InChI=1S/C12H17N3O4/c1-8-5-9(3-4-11(8)15(17)18)14-12(16)6-10(7-13)19-2/h3-5,10H,6-7,13H2,1-2H3,(H,14,16). The molecule has 1 unspecified atom stereocenters. The zero-order valence-electron chi connectivity index (χ0n) is 10.9. The molecular weight excluding hydrogens is 250 g/mol. The first-order chi connectivity index (χ1) is 8.97. The van der Waals surface area contributed by atoms with Crippen LogP contribution in [0.5, 0.6) is 0 Å². The molecule has 1 amide bonds. The fourth-order valence-corrected chi connectivity index (χ4v) is 1.62. The summed E-state index contributed by atoms with van der Waals surface area (Å²) >= 11 is 0. The lowest BCUT2D eigenvalue weighted by Crippen LogP contribution is -2.28. The molecule has 0 bridgehead atoms. The van der Waals surface area contributed by atoms with Crippen molar-refractivity contribution in [3.05, 3.63) is 33.9 Å². The number of methoxy groups -OCH3 is 1. The van der Waals surface area contributed by atoms with Gasteiger partial charge in [0.05, 0.1) is 17.4 Å². The van der Waals surface area contributed by atoms with Gasteiger partial charge in [0.25, 0.3) is 5.69 Å². The van der Waals surface area contributed by atoms with Gasteiger partial charge in [-0.2, -0.15) is 0 Å². The van der Waals surface area contributed by atoms with Crippen molar-refractivity contribution in [3.63, 3.8) is 0 Å². The minimum Gasteiger partial charge on any atom is -0.380 e. The first-order valence-electron chi connectivity index (χ1n) is 5.75. The molecule has 0 saturated heterocycles. The SMILES string of the molecule is COC(CN)CC(=O)Nc1ccc([N+](=O)[O-])c(C)c1. The summed E-state index contributed by atoms with van der Waals surface area (Å²) in [6, 6.07) is 4.41. The maximum atomic E-state index is 11.7. The van der Waals surface area contributed by atoms with Crippen LogP contribution in [0.3, 0.4) is 0 Å². The predicted octanol–water partition coefficient (Wildman–Crippen LogP) is 1.21. The molecule has 1 aromatic rings. The summed E-state index contributed by atoms with van der Waals surface area (Å²) in [7, 11) is 1.49. The second-order valence-electron chi connectivity index (χ2n) is 4.10. The molecule has 0 saturated carbocycles. The minimum atomic E-state index is -0.462. The van der Waals surface area contributed by atoms with E-state index in [2.05, 4.69) is 5.32 Å². The highest BCUT2D eigenvalue weighted by Crippen LogP contribution is 2.21. The first kappa shape index (κ1) is 15.1. The van der Waals surface area contributed by atoms with Crippen molar-refractivity contribution in [2.24, 2.45) is 5.73 Å². The van der Waals surface area contributed by atoms with Crippen LogP contribution in [0.15, 0.2) is 18.2 Å². The fourth-order valence-electron chi connectivity index (χ4n) is 1.62. The van der Waals surface area contributed by atoms with Gasteiger partial charge in [0.2, 0.25) is 5.91 Å². The van der Waals surface area contributed by atoms with Crippen molar-refractivity contribution in [2.45, 2.75) is 19.4 Å². The van der Waals surface area contributed by atoms with Gasteiger partial charge in [-0.1, -0.05) is 0 Å². The van der Waals surface area contributed by atoms with Gasteiger partial charge in [-0.15, -0.1) is 0 Å². The summed E-state index contributed by atoms with van der Waals surface area (Å²) in [6.45, 7) is 1.87. The molecule has 3 N–H and O–H groups in total. The number of benzene rings is 1. The van der Waals surface area contributed by atoms with Gasteiger partial charge in [0.1, 0.15) is 0 Å². The van der Waals surface area contributed by atoms with E-state index in [4.69, 9.17) is 10.5 Å². The highest BCUT2D eigenvalue weighted by Gasteiger charge is 2.14. The number of nitrogens with zero attached hydrogens (tertiary/aromatic N) is 1. The quantitative estimate of drug-likeness (QED) is 0.595. The van der Waals surface area contributed by atoms with Gasteiger partial charge in [-0.05, 0) is 19.1 Å². The number of nitrogens with two attached hydrogens (primary N) is 1. The van der Waals surface area contributed by atoms with Gasteiger partial charge in [-0.3, -0.25) is 14.9 Å². The number of carbonyl (C=O) groups excluding carboxylic acids is 1. The van der Waals surface area contributed by atoms with E-state index in [0.717, 1.165) is 0 Å². The number of nitrogens with one attached hydrogen (secondary N) is 1. The average Bonchev–Trinajstić information content (AvgIpc) is 2.35. The Morgan fingerprint density at radius 1 is 1.58 bits per heavy atom. The summed E-state index contributed by atoms with van der Waals surface area (Å²) in [5.74, 6) is -0.245. The smallest absolute Gasteiger partial charge is 0.272 e. The van der Waals surface area contributed by atoms with E-state index >= 15 is 0 Å². The number of nitro benzene ring substituents is 1. The molecule has 0 spiro atoms. The molecule has 0 aromatic heterocycles. The minimum absolute atomic E-state index is 0.0229. The number of rotatable bonds is 6. The van der Waals surface area contributed by atoms with Crippen LogP contribution in [0.2, 0.25) is 0 Å². The van der Waals surface area contributed by atoms with Crippen LogP contribution in [0, 0.1) is 17.0 Å². The van der Waals surface area contributed by atoms with Crippen LogP contribution in [0.1, 0.15) is 12.0 Å². The third kappa shape index (κ3) is 4.31. The van der Waals surface area contributed by atoms with E-state index in [-0.39, 0.29) is 30.7 Å². The molecule has 0 aliphatic heterocycles. The number of carbonyl (C=O) groups is 1. The van der Waals surface area contributed by atoms with Crippen LogP contribution < -0.4 is 11.1 Å². The molecule has 1 rings (SSSR count). The molecule has 19 heavy (non-hydrogen) atoms. The number of aryl methyl sites for hydroxylation is 1. The van der Waals surface area contributed by atoms with Crippen LogP contribution in [0.25, 0.3) is 0 Å². The maximum absolute atomic E-state index is 11.7. The molecule has 1 atom stereocenters. The topological polar surface area (TPSA) is 107 Å². The van der Waals surface area contributed by atoms with Crippen molar-refractivity contribution in [3.8, 4) is 0 Å². The van der Waals surface area contributed by atoms with Gasteiger partial charge >= 0.3 is 0 Å². The fraction of sp³-hybridized carbons (Fsp3) is 0.417. The van der Waals surface area contributed by atoms with Crippen molar-refractivity contribution in [1.82, 2.24) is 0 Å². The van der Waals surface area contributed by atoms with Gasteiger partial charge in [-0.25, -0.2) is 0 Å². The van der Waals surface area contributed by atoms with Gasteiger partial charge in [0.15, 0.2) is 0 Å². The molecule has 1 aromatic carbocycles. The zero-order valence-corrected chi connectivity index (χ0v) is 10.9. The van der Waals surface area contributed by atoms with Crippen LogP contribution in [-0.2, 0) is 9.53 Å². The molecule has 104 valence electrons. The Balaban J connectivity index is 2.70.